The molecule has 0 fully saturated rings. The monoisotopic (exact) mass is 309 g/mol. The Morgan fingerprint density at radius 2 is 2.04 bits per heavy atom. The van der Waals surface area contributed by atoms with Crippen molar-refractivity contribution < 1.29 is 9.90 Å². The number of pyridine rings is 1. The molecule has 0 saturated carbocycles. The van der Waals surface area contributed by atoms with Crippen LogP contribution in [0.2, 0.25) is 0 Å². The van der Waals surface area contributed by atoms with Crippen LogP contribution in [0.3, 0.4) is 0 Å². The van der Waals surface area contributed by atoms with Gasteiger partial charge in [-0.25, -0.2) is 4.98 Å². The van der Waals surface area contributed by atoms with Gasteiger partial charge in [-0.3, -0.25) is 4.79 Å². The van der Waals surface area contributed by atoms with Crippen molar-refractivity contribution in [1.82, 2.24) is 14.9 Å². The lowest BCUT2D eigenvalue weighted by atomic mass is 10.2. The van der Waals surface area contributed by atoms with Gasteiger partial charge in [-0.2, -0.15) is 0 Å². The molecule has 3 rings (SSSR count). The fourth-order valence-electron chi connectivity index (χ4n) is 2.70. The van der Waals surface area contributed by atoms with Gasteiger partial charge in [0.05, 0.1) is 18.8 Å². The van der Waals surface area contributed by atoms with Crippen LogP contribution in [0.25, 0.3) is 10.9 Å². The Morgan fingerprint density at radius 1 is 1.22 bits per heavy atom. The highest BCUT2D eigenvalue weighted by Crippen LogP contribution is 2.22. The highest BCUT2D eigenvalue weighted by Gasteiger charge is 2.10. The number of aromatic nitrogens is 2. The maximum absolute atomic E-state index is 11.9. The Hall–Kier alpha value is -2.66. The Kier molecular flexibility index (Phi) is 4.39. The maximum Gasteiger partial charge on any atom is 0.269 e. The molecule has 0 radical (unpaired) electrons. The molecular formula is C18H19N3O2. The van der Waals surface area contributed by atoms with Crippen LogP contribution < -0.4 is 5.32 Å². The van der Waals surface area contributed by atoms with Gasteiger partial charge in [-0.15, -0.1) is 0 Å². The molecule has 2 N–H and O–H groups in total. The van der Waals surface area contributed by atoms with E-state index in [0.29, 0.717) is 18.8 Å². The summed E-state index contributed by atoms with van der Waals surface area (Å²) in [5.41, 5.74) is 3.16. The molecule has 2 heterocycles. The molecule has 0 bridgehead atoms. The third-order valence-corrected chi connectivity index (χ3v) is 3.75. The predicted molar refractivity (Wildman–Crippen MR) is 89.2 cm³/mol. The minimum absolute atomic E-state index is 0.000112. The molecule has 5 heteroatoms. The molecule has 2 aromatic heterocycles. The molecule has 0 aliphatic heterocycles. The molecule has 0 aliphatic carbocycles. The molecule has 1 aromatic carbocycles. The van der Waals surface area contributed by atoms with E-state index >= 15 is 0 Å². The number of fused-ring (bicyclic) bond motifs is 1. The predicted octanol–water partition coefficient (Wildman–Crippen LogP) is 2.33. The third-order valence-electron chi connectivity index (χ3n) is 3.75. The van der Waals surface area contributed by atoms with Crippen LogP contribution >= 0.6 is 0 Å². The summed E-state index contributed by atoms with van der Waals surface area (Å²) in [6.45, 7) is 3.00. The zero-order chi connectivity index (χ0) is 16.2. The van der Waals surface area contributed by atoms with E-state index in [1.54, 1.807) is 6.07 Å². The maximum atomic E-state index is 11.9. The number of hydrogen-bond acceptors (Lipinski definition) is 3. The summed E-state index contributed by atoms with van der Waals surface area (Å²) in [6.07, 6.45) is 1.94. The second-order valence-corrected chi connectivity index (χ2v) is 5.33. The Labute approximate surface area is 134 Å². The highest BCUT2D eigenvalue weighted by molar-refractivity contribution is 5.92. The van der Waals surface area contributed by atoms with E-state index in [9.17, 15) is 9.90 Å². The molecule has 1 amide bonds. The lowest BCUT2D eigenvalue weighted by Crippen LogP contribution is -2.24. The largest absolute Gasteiger partial charge is 0.392 e. The van der Waals surface area contributed by atoms with Gasteiger partial charge in [0.25, 0.3) is 5.91 Å². The highest BCUT2D eigenvalue weighted by atomic mass is 16.3. The van der Waals surface area contributed by atoms with Crippen LogP contribution in [0.4, 0.5) is 0 Å². The second-order valence-electron chi connectivity index (χ2n) is 5.33. The van der Waals surface area contributed by atoms with Crippen molar-refractivity contribution in [3.63, 3.8) is 0 Å². The van der Waals surface area contributed by atoms with E-state index in [0.717, 1.165) is 22.2 Å². The summed E-state index contributed by atoms with van der Waals surface area (Å²) in [5.74, 6) is -0.164. The molecule has 0 aliphatic rings. The van der Waals surface area contributed by atoms with E-state index in [-0.39, 0.29) is 12.5 Å². The normalized spacial score (nSPS) is 10.9. The average molecular weight is 309 g/mol. The van der Waals surface area contributed by atoms with Crippen LogP contribution in [-0.2, 0) is 13.2 Å². The number of hydrogen-bond donors (Lipinski definition) is 2. The Morgan fingerprint density at radius 3 is 2.83 bits per heavy atom. The summed E-state index contributed by atoms with van der Waals surface area (Å²) in [5, 5.41) is 13.3. The van der Waals surface area contributed by atoms with Gasteiger partial charge in [0, 0.05) is 29.2 Å². The summed E-state index contributed by atoms with van der Waals surface area (Å²) >= 11 is 0. The fraction of sp³-hybridized carbons (Fsp3) is 0.222. The molecule has 0 saturated heterocycles. The SMILES string of the molecule is CCNC(=O)c1cccc(Cn2cc(CO)c3ccccc32)n1. The van der Waals surface area contributed by atoms with E-state index in [4.69, 9.17) is 0 Å². The number of aliphatic hydroxyl groups is 1. The Bertz CT molecular complexity index is 839. The minimum Gasteiger partial charge on any atom is -0.392 e. The summed E-state index contributed by atoms with van der Waals surface area (Å²) in [4.78, 5) is 16.3. The number of benzene rings is 1. The van der Waals surface area contributed by atoms with E-state index < -0.39 is 0 Å². The van der Waals surface area contributed by atoms with Crippen LogP contribution in [0.15, 0.2) is 48.7 Å². The smallest absolute Gasteiger partial charge is 0.269 e. The molecule has 0 spiro atoms. The first-order valence-corrected chi connectivity index (χ1v) is 7.64. The van der Waals surface area contributed by atoms with Crippen LogP contribution in [0.1, 0.15) is 28.7 Å². The summed E-state index contributed by atoms with van der Waals surface area (Å²) < 4.78 is 2.05. The van der Waals surface area contributed by atoms with Crippen molar-refractivity contribution in [1.29, 1.82) is 0 Å². The van der Waals surface area contributed by atoms with Crippen molar-refractivity contribution >= 4 is 16.8 Å². The van der Waals surface area contributed by atoms with E-state index in [1.165, 1.54) is 0 Å². The van der Waals surface area contributed by atoms with Crippen LogP contribution in [-0.4, -0.2) is 27.1 Å². The fourth-order valence-corrected chi connectivity index (χ4v) is 2.70. The lowest BCUT2D eigenvalue weighted by Gasteiger charge is -2.07. The van der Waals surface area contributed by atoms with E-state index in [2.05, 4.69) is 10.3 Å². The van der Waals surface area contributed by atoms with E-state index in [1.807, 2.05) is 54.1 Å². The number of nitrogens with one attached hydrogen (secondary N) is 1. The zero-order valence-corrected chi connectivity index (χ0v) is 13.0. The van der Waals surface area contributed by atoms with Crippen molar-refractivity contribution in [3.8, 4) is 0 Å². The topological polar surface area (TPSA) is 67.2 Å². The van der Waals surface area contributed by atoms with Crippen molar-refractivity contribution in [2.75, 3.05) is 6.54 Å². The number of rotatable bonds is 5. The van der Waals surface area contributed by atoms with Gasteiger partial charge in [0.15, 0.2) is 0 Å². The molecule has 0 atom stereocenters. The average Bonchev–Trinajstić information content (AvgIpc) is 2.93. The van der Waals surface area contributed by atoms with Gasteiger partial charge < -0.3 is 15.0 Å². The van der Waals surface area contributed by atoms with Gasteiger partial charge in [0.2, 0.25) is 0 Å². The van der Waals surface area contributed by atoms with Crippen molar-refractivity contribution in [2.24, 2.45) is 0 Å². The summed E-state index contributed by atoms with van der Waals surface area (Å²) in [6, 6.07) is 13.4. The number of amides is 1. The quantitative estimate of drug-likeness (QED) is 0.760. The number of carbonyl (C=O) groups excluding carboxylic acids is 1. The third kappa shape index (κ3) is 3.10. The van der Waals surface area contributed by atoms with Crippen LogP contribution in [0.5, 0.6) is 0 Å². The van der Waals surface area contributed by atoms with Crippen LogP contribution in [0, 0.1) is 0 Å². The number of aliphatic hydroxyl groups excluding tert-OH is 1. The standard InChI is InChI=1S/C18H19N3O2/c1-2-19-18(23)16-8-5-6-14(20-16)11-21-10-13(12-22)15-7-3-4-9-17(15)21/h3-10,22H,2,11-12H2,1H3,(H,19,23). The minimum atomic E-state index is -0.164. The summed E-state index contributed by atoms with van der Waals surface area (Å²) in [7, 11) is 0. The van der Waals surface area contributed by atoms with Gasteiger partial charge in [-0.1, -0.05) is 24.3 Å². The number of nitrogens with zero attached hydrogens (tertiary/aromatic N) is 2. The van der Waals surface area contributed by atoms with Crippen molar-refractivity contribution in [3.05, 3.63) is 65.6 Å². The molecule has 118 valence electrons. The van der Waals surface area contributed by atoms with Gasteiger partial charge in [0.1, 0.15) is 5.69 Å². The molecule has 23 heavy (non-hydrogen) atoms. The number of carbonyl (C=O) groups is 1. The first kappa shape index (κ1) is 15.2. The van der Waals surface area contributed by atoms with Gasteiger partial charge >= 0.3 is 0 Å². The lowest BCUT2D eigenvalue weighted by molar-refractivity contribution is 0.0950. The van der Waals surface area contributed by atoms with Crippen molar-refractivity contribution in [2.45, 2.75) is 20.1 Å². The molecular weight excluding hydrogens is 290 g/mol. The van der Waals surface area contributed by atoms with Gasteiger partial charge in [-0.05, 0) is 25.1 Å². The molecule has 3 aromatic rings. The first-order valence-electron chi connectivity index (χ1n) is 7.64. The zero-order valence-electron chi connectivity index (χ0n) is 13.0. The second kappa shape index (κ2) is 6.62. The molecule has 5 nitrogen and oxygen atoms in total. The first-order chi connectivity index (χ1) is 11.2. The number of para-hydroxylation sites is 1. The Balaban J connectivity index is 1.93. The molecule has 0 unspecified atom stereocenters.